The number of ether oxygens (including phenoxy) is 1. The molecule has 0 radical (unpaired) electrons. The maximum atomic E-state index is 13.4. The maximum Gasteiger partial charge on any atom is 0.416 e. The number of benzene rings is 2. The van der Waals surface area contributed by atoms with Crippen LogP contribution in [0.4, 0.5) is 18.9 Å². The Hall–Kier alpha value is -3.07. The zero-order valence-electron chi connectivity index (χ0n) is 19.0. The van der Waals surface area contributed by atoms with E-state index >= 15 is 0 Å². The number of carbonyl (C=O) groups is 1. The lowest BCUT2D eigenvalue weighted by Gasteiger charge is -2.30. The maximum absolute atomic E-state index is 13.4. The predicted octanol–water partition coefficient (Wildman–Crippen LogP) is 4.07. The van der Waals surface area contributed by atoms with Crippen molar-refractivity contribution in [2.24, 2.45) is 10.7 Å². The number of halogens is 3. The number of aliphatic imine (C=N–C) groups is 1. The zero-order chi connectivity index (χ0) is 24.2. The van der Waals surface area contributed by atoms with E-state index in [0.29, 0.717) is 55.4 Å². The van der Waals surface area contributed by atoms with E-state index < -0.39 is 23.7 Å². The predicted molar refractivity (Wildman–Crippen MR) is 123 cm³/mol. The van der Waals surface area contributed by atoms with Crippen molar-refractivity contribution >= 4 is 17.4 Å². The van der Waals surface area contributed by atoms with Crippen molar-refractivity contribution in [3.8, 4) is 0 Å². The first-order chi connectivity index (χ1) is 15.6. The summed E-state index contributed by atoms with van der Waals surface area (Å²) in [6, 6.07) is 8.97. The van der Waals surface area contributed by atoms with E-state index in [1.54, 1.807) is 19.1 Å². The molecule has 6 nitrogen and oxygen atoms in total. The molecule has 3 N–H and O–H groups in total. The van der Waals surface area contributed by atoms with E-state index in [-0.39, 0.29) is 5.56 Å². The van der Waals surface area contributed by atoms with Crippen LogP contribution >= 0.6 is 0 Å². The molecule has 0 bridgehead atoms. The fraction of sp³-hybridized carbons (Fsp3) is 0.417. The molecule has 0 spiro atoms. The summed E-state index contributed by atoms with van der Waals surface area (Å²) in [4.78, 5) is 18.8. The van der Waals surface area contributed by atoms with Gasteiger partial charge in [0.25, 0.3) is 0 Å². The second kappa shape index (κ2) is 10.2. The lowest BCUT2D eigenvalue weighted by Crippen LogP contribution is -2.37. The highest BCUT2D eigenvalue weighted by Crippen LogP contribution is 2.34. The first-order valence-electron chi connectivity index (χ1n) is 10.9. The van der Waals surface area contributed by atoms with Gasteiger partial charge >= 0.3 is 6.18 Å². The van der Waals surface area contributed by atoms with Gasteiger partial charge in [0.15, 0.2) is 0 Å². The van der Waals surface area contributed by atoms with Crippen LogP contribution in [0.5, 0.6) is 0 Å². The summed E-state index contributed by atoms with van der Waals surface area (Å²) in [5.74, 6) is -0.197. The number of morpholine rings is 1. The summed E-state index contributed by atoms with van der Waals surface area (Å²) in [7, 11) is 0. The van der Waals surface area contributed by atoms with Crippen LogP contribution in [0.15, 0.2) is 41.4 Å². The van der Waals surface area contributed by atoms with Crippen LogP contribution in [0.2, 0.25) is 0 Å². The van der Waals surface area contributed by atoms with Crippen LogP contribution in [0.25, 0.3) is 0 Å². The van der Waals surface area contributed by atoms with E-state index in [2.05, 4.69) is 15.2 Å². The lowest BCUT2D eigenvalue weighted by molar-refractivity contribution is -0.138. The second-order valence-corrected chi connectivity index (χ2v) is 7.90. The average molecular weight is 463 g/mol. The number of rotatable bonds is 6. The third-order valence-electron chi connectivity index (χ3n) is 5.72. The van der Waals surface area contributed by atoms with Gasteiger partial charge in [0.05, 0.1) is 30.4 Å². The molecule has 1 aliphatic rings. The first kappa shape index (κ1) is 24.6. The number of primary amides is 1. The fourth-order valence-corrected chi connectivity index (χ4v) is 4.04. The number of nitrogens with zero attached hydrogens (tertiary/aromatic N) is 2. The van der Waals surface area contributed by atoms with E-state index in [0.717, 1.165) is 11.8 Å². The van der Waals surface area contributed by atoms with Gasteiger partial charge in [0.2, 0.25) is 5.91 Å². The van der Waals surface area contributed by atoms with Crippen molar-refractivity contribution in [2.75, 3.05) is 37.7 Å². The zero-order valence-corrected chi connectivity index (χ0v) is 19.0. The van der Waals surface area contributed by atoms with Crippen molar-refractivity contribution in [1.29, 1.82) is 0 Å². The van der Waals surface area contributed by atoms with E-state index in [1.165, 1.54) is 13.0 Å². The molecule has 0 aliphatic carbocycles. The minimum absolute atomic E-state index is 0.151. The number of hydrogen-bond acceptors (Lipinski definition) is 4. The van der Waals surface area contributed by atoms with E-state index in [9.17, 15) is 18.0 Å². The molecule has 1 aliphatic heterocycles. The number of nitrogens with one attached hydrogen (secondary N) is 1. The lowest BCUT2D eigenvalue weighted by atomic mass is 9.96. The van der Waals surface area contributed by atoms with Gasteiger partial charge < -0.3 is 20.7 Å². The molecule has 9 heteroatoms. The van der Waals surface area contributed by atoms with Gasteiger partial charge in [-0.3, -0.25) is 9.79 Å². The quantitative estimate of drug-likeness (QED) is 0.501. The molecule has 1 heterocycles. The van der Waals surface area contributed by atoms with Crippen molar-refractivity contribution < 1.29 is 22.7 Å². The molecule has 0 saturated carbocycles. The molecule has 3 rings (SSSR count). The molecule has 2 aromatic rings. The number of amides is 1. The summed E-state index contributed by atoms with van der Waals surface area (Å²) < 4.78 is 45.6. The van der Waals surface area contributed by atoms with Crippen molar-refractivity contribution in [3.05, 3.63) is 64.2 Å². The number of nitrogens with two attached hydrogens (primary N) is 1. The summed E-state index contributed by atoms with van der Waals surface area (Å²) in [5.41, 5.74) is 7.31. The molecule has 0 unspecified atom stereocenters. The highest BCUT2D eigenvalue weighted by atomic mass is 19.4. The summed E-state index contributed by atoms with van der Waals surface area (Å²) in [5, 5.41) is 3.23. The Balaban J connectivity index is 1.99. The van der Waals surface area contributed by atoms with Crippen molar-refractivity contribution in [2.45, 2.75) is 33.0 Å². The summed E-state index contributed by atoms with van der Waals surface area (Å²) in [6.45, 7) is 8.12. The van der Waals surface area contributed by atoms with E-state index in [1.807, 2.05) is 19.1 Å². The second-order valence-electron chi connectivity index (χ2n) is 7.90. The van der Waals surface area contributed by atoms with Crippen LogP contribution in [0.1, 0.15) is 52.5 Å². The Kier molecular flexibility index (Phi) is 7.63. The molecule has 33 heavy (non-hydrogen) atoms. The molecular formula is C24H29F3N4O2. The monoisotopic (exact) mass is 462 g/mol. The van der Waals surface area contributed by atoms with Crippen LogP contribution in [0.3, 0.4) is 0 Å². The SMILES string of the molecule is CC/N=C(/N[C@H](C)c1cccc(C(F)(F)F)c1C)c1cc(N2CCOCC2)ccc1C(N)=O. The van der Waals surface area contributed by atoms with Gasteiger partial charge in [-0.05, 0) is 56.2 Å². The van der Waals surface area contributed by atoms with Crippen LogP contribution in [0, 0.1) is 6.92 Å². The third kappa shape index (κ3) is 5.65. The molecule has 178 valence electrons. The van der Waals surface area contributed by atoms with Crippen molar-refractivity contribution in [3.63, 3.8) is 0 Å². The number of hydrogen-bond donors (Lipinski definition) is 2. The van der Waals surface area contributed by atoms with Gasteiger partial charge in [0.1, 0.15) is 5.84 Å². The standard InChI is InChI=1S/C24H29F3N4O2/c1-4-29-23(30-16(3)18-6-5-7-21(15(18)2)24(25,26)27)20-14-17(8-9-19(20)22(28)32)31-10-12-33-13-11-31/h5-9,14,16H,4,10-13H2,1-3H3,(H2,28,32)(H,29,30)/t16-/m1/s1. The molecule has 1 atom stereocenters. The Morgan fingerprint density at radius 1 is 1.21 bits per heavy atom. The average Bonchev–Trinajstić information content (AvgIpc) is 2.78. The fourth-order valence-electron chi connectivity index (χ4n) is 4.04. The largest absolute Gasteiger partial charge is 0.416 e. The van der Waals surface area contributed by atoms with Gasteiger partial charge in [-0.1, -0.05) is 12.1 Å². The van der Waals surface area contributed by atoms with Crippen molar-refractivity contribution in [1.82, 2.24) is 5.32 Å². The van der Waals surface area contributed by atoms with Gasteiger partial charge in [-0.25, -0.2) is 0 Å². The molecular weight excluding hydrogens is 433 g/mol. The number of amidine groups is 1. The Morgan fingerprint density at radius 2 is 1.91 bits per heavy atom. The minimum Gasteiger partial charge on any atom is -0.378 e. The molecule has 0 aromatic heterocycles. The number of alkyl halides is 3. The Morgan fingerprint density at radius 3 is 2.52 bits per heavy atom. The van der Waals surface area contributed by atoms with Gasteiger partial charge in [-0.15, -0.1) is 0 Å². The van der Waals surface area contributed by atoms with Crippen LogP contribution < -0.4 is 16.0 Å². The molecule has 1 fully saturated rings. The Labute approximate surface area is 191 Å². The smallest absolute Gasteiger partial charge is 0.378 e. The topological polar surface area (TPSA) is 79.9 Å². The first-order valence-corrected chi connectivity index (χ1v) is 10.9. The molecule has 2 aromatic carbocycles. The van der Waals surface area contributed by atoms with E-state index in [4.69, 9.17) is 10.5 Å². The number of anilines is 1. The van der Waals surface area contributed by atoms with Gasteiger partial charge in [-0.2, -0.15) is 13.2 Å². The highest BCUT2D eigenvalue weighted by molar-refractivity contribution is 6.09. The minimum atomic E-state index is -4.44. The third-order valence-corrected chi connectivity index (χ3v) is 5.72. The summed E-state index contributed by atoms with van der Waals surface area (Å²) >= 11 is 0. The molecule has 1 saturated heterocycles. The highest BCUT2D eigenvalue weighted by Gasteiger charge is 2.33. The van der Waals surface area contributed by atoms with Crippen LogP contribution in [-0.2, 0) is 10.9 Å². The molecule has 1 amide bonds. The number of carbonyl (C=O) groups excluding carboxylic acids is 1. The van der Waals surface area contributed by atoms with Crippen LogP contribution in [-0.4, -0.2) is 44.6 Å². The van der Waals surface area contributed by atoms with Gasteiger partial charge in [0, 0.05) is 30.9 Å². The normalized spacial score (nSPS) is 15.9. The Bertz CT molecular complexity index is 1030. The summed E-state index contributed by atoms with van der Waals surface area (Å²) in [6.07, 6.45) is -4.44.